The Hall–Kier alpha value is -4.96. The largest absolute Gasteiger partial charge is 0.512 e. The molecule has 6 aromatic rings. The topological polar surface area (TPSA) is 63.1 Å². The van der Waals surface area contributed by atoms with Gasteiger partial charge in [0.25, 0.3) is 0 Å². The first kappa shape index (κ1) is 40.2. The number of hydrogen-bond donors (Lipinski definition) is 1. The molecule has 2 unspecified atom stereocenters. The molecule has 5 heteroatoms. The van der Waals surface area contributed by atoms with Gasteiger partial charge in [-0.3, -0.25) is 15.9 Å². The molecule has 1 N–H and O–H groups in total. The van der Waals surface area contributed by atoms with Crippen LogP contribution in [0.5, 0.6) is 0 Å². The van der Waals surface area contributed by atoms with E-state index in [0.29, 0.717) is 11.8 Å². The number of aryl methyl sites for hydroxylation is 2. The monoisotopic (exact) mass is 889 g/mol. The van der Waals surface area contributed by atoms with E-state index in [9.17, 15) is 9.90 Å². The second-order valence-corrected chi connectivity index (χ2v) is 16.0. The fourth-order valence-electron chi connectivity index (χ4n) is 6.60. The van der Waals surface area contributed by atoms with Crippen molar-refractivity contribution in [3.63, 3.8) is 0 Å². The minimum atomic E-state index is -0.417. The van der Waals surface area contributed by atoms with Crippen LogP contribution in [0.4, 0.5) is 0 Å². The van der Waals surface area contributed by atoms with E-state index < -0.39 is 5.41 Å². The zero-order valence-corrected chi connectivity index (χ0v) is 34.8. The average Bonchev–Trinajstić information content (AvgIpc) is 3.13. The van der Waals surface area contributed by atoms with E-state index in [1.165, 1.54) is 49.5 Å². The van der Waals surface area contributed by atoms with Crippen molar-refractivity contribution in [2.75, 3.05) is 0 Å². The van der Waals surface area contributed by atoms with Gasteiger partial charge in [-0.2, -0.15) is 6.08 Å². The van der Waals surface area contributed by atoms with Crippen molar-refractivity contribution in [3.05, 3.63) is 162 Å². The number of hydrogen-bond acceptors (Lipinski definition) is 4. The van der Waals surface area contributed by atoms with Crippen molar-refractivity contribution < 1.29 is 30.0 Å². The molecule has 0 spiro atoms. The number of fused-ring (bicyclic) bond motifs is 8. The number of aliphatic hydroxyl groups is 1. The fourth-order valence-corrected chi connectivity index (χ4v) is 6.60. The molecule has 4 nitrogen and oxygen atoms in total. The summed E-state index contributed by atoms with van der Waals surface area (Å²) in [5, 5.41) is 17.1. The van der Waals surface area contributed by atoms with Gasteiger partial charge in [0.1, 0.15) is 5.76 Å². The van der Waals surface area contributed by atoms with Gasteiger partial charge < -0.3 is 10.1 Å². The molecule has 0 fully saturated rings. The molecule has 2 aromatic heterocycles. The van der Waals surface area contributed by atoms with E-state index in [2.05, 4.69) is 128 Å². The van der Waals surface area contributed by atoms with Gasteiger partial charge >= 0.3 is 0 Å². The molecule has 4 aromatic carbocycles. The smallest absolute Gasteiger partial charge is 0.164 e. The van der Waals surface area contributed by atoms with Gasteiger partial charge in [-0.25, -0.2) is 12.2 Å². The molecule has 0 saturated carbocycles. The molecule has 2 aliphatic rings. The zero-order valence-electron chi connectivity index (χ0n) is 32.4. The number of rotatable bonds is 2. The minimum absolute atomic E-state index is 0. The quantitative estimate of drug-likeness (QED) is 0.0814. The second-order valence-electron chi connectivity index (χ2n) is 16.0. The number of allylic oxidation sites excluding steroid dienone is 7. The Morgan fingerprint density at radius 3 is 2.20 bits per heavy atom. The van der Waals surface area contributed by atoms with Gasteiger partial charge in [0.05, 0.1) is 0 Å². The number of aliphatic hydroxyl groups excluding tert-OH is 1. The summed E-state index contributed by atoms with van der Waals surface area (Å²) in [6.45, 7) is 15.3. The molecular weight excluding hydrogens is 841 g/mol. The number of aromatic nitrogens is 2. The number of benzene rings is 4. The van der Waals surface area contributed by atoms with Crippen molar-refractivity contribution in [2.45, 2.75) is 61.3 Å². The fraction of sp³-hybridized carbons (Fsp3) is 0.245. The summed E-state index contributed by atoms with van der Waals surface area (Å²) in [7, 11) is 0. The van der Waals surface area contributed by atoms with Crippen molar-refractivity contribution in [1.29, 1.82) is 0 Å². The molecule has 0 amide bonds. The number of pyridine rings is 2. The third kappa shape index (κ3) is 9.04. The summed E-state index contributed by atoms with van der Waals surface area (Å²) < 4.78 is 0. The summed E-state index contributed by atoms with van der Waals surface area (Å²) in [5.41, 5.74) is 6.07. The van der Waals surface area contributed by atoms with Crippen molar-refractivity contribution in [2.24, 2.45) is 16.7 Å². The maximum Gasteiger partial charge on any atom is 0.164 e. The molecule has 2 atom stereocenters. The summed E-state index contributed by atoms with van der Waals surface area (Å²) >= 11 is 0. The maximum atomic E-state index is 11.5. The molecular formula is C49H48IrN2O2-2. The standard InChI is InChI=1S/C25H18N.C13H10N.C11H20O2.Ir/c1-16-13-17(2)15-19(14-16)25-24-10-9-21-20-6-4-3-5-18(20)7-8-22(21)23(24)11-12-26-25;1-2-6-12-10(4-1)7-8-11-5-3-9-14-13(11)12;1-10(2,3)8(12)7-9(13)11(4,5)6;/h3-14H,1-2H3;1-5,7-10,12H;7,12H,1-6H3;/q2*-1;;/b;;8-7-;. The van der Waals surface area contributed by atoms with E-state index in [1.807, 2.05) is 66.1 Å². The minimum Gasteiger partial charge on any atom is -0.512 e. The first-order chi connectivity index (χ1) is 25.2. The van der Waals surface area contributed by atoms with Gasteiger partial charge in [0, 0.05) is 55.1 Å². The van der Waals surface area contributed by atoms with Gasteiger partial charge in [-0.05, 0) is 67.5 Å². The van der Waals surface area contributed by atoms with Crippen LogP contribution in [-0.4, -0.2) is 20.9 Å². The van der Waals surface area contributed by atoms with Crippen LogP contribution < -0.4 is 0 Å². The molecule has 0 bridgehead atoms. The van der Waals surface area contributed by atoms with E-state index in [-0.39, 0.29) is 37.1 Å². The third-order valence-corrected chi connectivity index (χ3v) is 9.60. The van der Waals surface area contributed by atoms with Gasteiger partial charge in [0.15, 0.2) is 5.78 Å². The molecule has 2 aliphatic carbocycles. The summed E-state index contributed by atoms with van der Waals surface area (Å²) in [6, 6.07) is 31.4. The maximum absolute atomic E-state index is 11.5. The molecule has 0 aliphatic heterocycles. The van der Waals surface area contributed by atoms with E-state index in [1.54, 1.807) is 0 Å². The molecule has 0 saturated heterocycles. The van der Waals surface area contributed by atoms with Gasteiger partial charge in [0.2, 0.25) is 0 Å². The Bertz CT molecular complexity index is 2420. The normalized spacial score (nSPS) is 16.0. The number of nitrogens with zero attached hydrogens (tertiary/aromatic N) is 2. The SMILES string of the molecule is CC(C)(C)C(=O)/C=C(\O)C(C)(C)C.Cc1[c-]c(-c2nccc3c2ccc2c4ccccc4ccc32)cc(C)c1.[C-]1=CC=CC2C=Cc3cccnc3C12.[Ir]. The van der Waals surface area contributed by atoms with E-state index in [4.69, 9.17) is 4.98 Å². The Labute approximate surface area is 333 Å². The molecule has 1 radical (unpaired) electrons. The Morgan fingerprint density at radius 2 is 1.46 bits per heavy atom. The molecule has 54 heavy (non-hydrogen) atoms. The van der Waals surface area contributed by atoms with Crippen LogP contribution in [0.2, 0.25) is 0 Å². The Balaban J connectivity index is 0.000000171. The number of carbonyl (C=O) groups is 1. The zero-order chi connectivity index (χ0) is 37.9. The summed E-state index contributed by atoms with van der Waals surface area (Å²) in [5.74, 6) is 0.871. The number of ketones is 1. The van der Waals surface area contributed by atoms with Gasteiger partial charge in [-0.1, -0.05) is 122 Å². The average molecular weight is 889 g/mol. The summed E-state index contributed by atoms with van der Waals surface area (Å²) in [4.78, 5) is 20.6. The second kappa shape index (κ2) is 16.6. The molecule has 277 valence electrons. The Kier molecular flexibility index (Phi) is 12.4. The first-order valence-corrected chi connectivity index (χ1v) is 18.3. The van der Waals surface area contributed by atoms with Crippen LogP contribution in [0.3, 0.4) is 0 Å². The van der Waals surface area contributed by atoms with Crippen LogP contribution >= 0.6 is 0 Å². The summed E-state index contributed by atoms with van der Waals surface area (Å²) in [6.07, 6.45) is 19.1. The van der Waals surface area contributed by atoms with Crippen molar-refractivity contribution >= 4 is 44.2 Å². The van der Waals surface area contributed by atoms with Crippen LogP contribution in [0.15, 0.2) is 127 Å². The van der Waals surface area contributed by atoms with Crippen LogP contribution in [0, 0.1) is 42.7 Å². The predicted molar refractivity (Wildman–Crippen MR) is 222 cm³/mol. The van der Waals surface area contributed by atoms with Gasteiger partial charge in [-0.15, -0.1) is 34.9 Å². The van der Waals surface area contributed by atoms with Crippen LogP contribution in [0.25, 0.3) is 49.7 Å². The third-order valence-electron chi connectivity index (χ3n) is 9.60. The van der Waals surface area contributed by atoms with E-state index in [0.717, 1.165) is 22.5 Å². The van der Waals surface area contributed by atoms with Crippen LogP contribution in [0.1, 0.15) is 69.8 Å². The molecule has 8 rings (SSSR count). The first-order valence-electron chi connectivity index (χ1n) is 18.3. The number of carbonyl (C=O) groups excluding carboxylic acids is 1. The van der Waals surface area contributed by atoms with E-state index >= 15 is 0 Å². The Morgan fingerprint density at radius 1 is 0.759 bits per heavy atom. The predicted octanol–water partition coefficient (Wildman–Crippen LogP) is 12.4. The van der Waals surface area contributed by atoms with Crippen LogP contribution in [-0.2, 0) is 24.9 Å². The van der Waals surface area contributed by atoms with Crippen molar-refractivity contribution in [1.82, 2.24) is 9.97 Å². The molecule has 2 heterocycles. The van der Waals surface area contributed by atoms with Crippen molar-refractivity contribution in [3.8, 4) is 11.3 Å².